The van der Waals surface area contributed by atoms with Gasteiger partial charge in [0, 0.05) is 17.7 Å². The molecule has 3 heteroatoms. The second-order valence-corrected chi connectivity index (χ2v) is 5.04. The van der Waals surface area contributed by atoms with Crippen LogP contribution in [0.15, 0.2) is 12.1 Å². The number of rotatable bonds is 4. The second kappa shape index (κ2) is 4.73. The number of halogens is 2. The third-order valence-corrected chi connectivity index (χ3v) is 3.64. The molecule has 0 saturated heterocycles. The summed E-state index contributed by atoms with van der Waals surface area (Å²) in [5, 5.41) is 3.32. The Morgan fingerprint density at radius 2 is 2.00 bits per heavy atom. The van der Waals surface area contributed by atoms with Crippen LogP contribution in [0.3, 0.4) is 0 Å². The largest absolute Gasteiger partial charge is 0.310 e. The van der Waals surface area contributed by atoms with Gasteiger partial charge in [0.1, 0.15) is 11.6 Å². The summed E-state index contributed by atoms with van der Waals surface area (Å²) in [7, 11) is 0. The van der Waals surface area contributed by atoms with Crippen LogP contribution >= 0.6 is 0 Å². The highest BCUT2D eigenvalue weighted by Gasteiger charge is 2.40. The Hall–Kier alpha value is -0.960. The van der Waals surface area contributed by atoms with Crippen LogP contribution in [0.25, 0.3) is 0 Å². The number of benzene rings is 1. The minimum absolute atomic E-state index is 0.0225. The van der Waals surface area contributed by atoms with E-state index in [2.05, 4.69) is 12.2 Å². The predicted octanol–water partition coefficient (Wildman–Crippen LogP) is 3.58. The van der Waals surface area contributed by atoms with Crippen LogP contribution in [0.2, 0.25) is 0 Å². The van der Waals surface area contributed by atoms with E-state index in [4.69, 9.17) is 0 Å². The lowest BCUT2D eigenvalue weighted by Crippen LogP contribution is -2.24. The molecular weight excluding hydrogens is 220 g/mol. The van der Waals surface area contributed by atoms with E-state index in [1.807, 2.05) is 6.92 Å². The van der Waals surface area contributed by atoms with Crippen molar-refractivity contribution in [3.05, 3.63) is 34.9 Å². The average molecular weight is 239 g/mol. The Bertz CT molecular complexity index is 417. The molecule has 1 aliphatic rings. The van der Waals surface area contributed by atoms with Gasteiger partial charge in [-0.1, -0.05) is 13.8 Å². The summed E-state index contributed by atoms with van der Waals surface area (Å²) in [5.41, 5.74) is 1.12. The first-order valence-corrected chi connectivity index (χ1v) is 6.23. The lowest BCUT2D eigenvalue weighted by Gasteiger charge is -2.19. The molecule has 17 heavy (non-hydrogen) atoms. The summed E-state index contributed by atoms with van der Waals surface area (Å²) in [5.74, 6) is 0.210. The number of nitrogens with one attached hydrogen (secondary N) is 1. The van der Waals surface area contributed by atoms with E-state index < -0.39 is 11.6 Å². The molecule has 1 nitrogen and oxygen atoms in total. The van der Waals surface area contributed by atoms with Gasteiger partial charge in [-0.3, -0.25) is 0 Å². The third-order valence-electron chi connectivity index (χ3n) is 3.64. The maximum atomic E-state index is 13.8. The van der Waals surface area contributed by atoms with Gasteiger partial charge >= 0.3 is 0 Å². The van der Waals surface area contributed by atoms with Crippen LogP contribution in [-0.4, -0.2) is 6.54 Å². The van der Waals surface area contributed by atoms with Gasteiger partial charge in [-0.05, 0) is 43.4 Å². The minimum Gasteiger partial charge on any atom is -0.310 e. The van der Waals surface area contributed by atoms with E-state index in [1.165, 1.54) is 0 Å². The molecule has 0 heterocycles. The topological polar surface area (TPSA) is 12.0 Å². The van der Waals surface area contributed by atoms with Crippen molar-refractivity contribution in [2.24, 2.45) is 11.8 Å². The molecule has 0 amide bonds. The Labute approximate surface area is 101 Å². The van der Waals surface area contributed by atoms with Crippen molar-refractivity contribution in [2.45, 2.75) is 33.2 Å². The molecule has 3 atom stereocenters. The van der Waals surface area contributed by atoms with Crippen molar-refractivity contribution in [3.63, 3.8) is 0 Å². The molecule has 1 fully saturated rings. The van der Waals surface area contributed by atoms with Crippen molar-refractivity contribution < 1.29 is 8.78 Å². The first kappa shape index (κ1) is 12.5. The highest BCUT2D eigenvalue weighted by Crippen LogP contribution is 2.47. The standard InChI is InChI=1S/C14H19F2N/c1-4-17-14(10-5-8(10)2)11-6-9(3)12(15)7-13(11)16/h6-8,10,14,17H,4-5H2,1-3H3. The van der Waals surface area contributed by atoms with Crippen molar-refractivity contribution >= 4 is 0 Å². The van der Waals surface area contributed by atoms with Gasteiger partial charge in [-0.25, -0.2) is 8.78 Å². The summed E-state index contributed by atoms with van der Waals surface area (Å²) < 4.78 is 27.1. The second-order valence-electron chi connectivity index (χ2n) is 5.04. The summed E-state index contributed by atoms with van der Waals surface area (Å²) in [6.45, 7) is 6.65. The van der Waals surface area contributed by atoms with Gasteiger partial charge in [0.25, 0.3) is 0 Å². The Morgan fingerprint density at radius 3 is 2.53 bits per heavy atom. The summed E-state index contributed by atoms with van der Waals surface area (Å²) in [6, 6.07) is 2.67. The molecule has 1 aromatic carbocycles. The molecule has 0 radical (unpaired) electrons. The quantitative estimate of drug-likeness (QED) is 0.846. The fraction of sp³-hybridized carbons (Fsp3) is 0.571. The van der Waals surface area contributed by atoms with E-state index in [1.54, 1.807) is 13.0 Å². The fourth-order valence-corrected chi connectivity index (χ4v) is 2.45. The zero-order chi connectivity index (χ0) is 12.6. The van der Waals surface area contributed by atoms with Gasteiger partial charge in [0.15, 0.2) is 0 Å². The first-order chi connectivity index (χ1) is 8.04. The van der Waals surface area contributed by atoms with Gasteiger partial charge < -0.3 is 5.32 Å². The van der Waals surface area contributed by atoms with Gasteiger partial charge in [-0.15, -0.1) is 0 Å². The third kappa shape index (κ3) is 2.49. The average Bonchev–Trinajstić information content (AvgIpc) is 2.98. The summed E-state index contributed by atoms with van der Waals surface area (Å²) in [4.78, 5) is 0. The Kier molecular flexibility index (Phi) is 3.48. The first-order valence-electron chi connectivity index (χ1n) is 6.23. The molecule has 2 rings (SSSR count). The summed E-state index contributed by atoms with van der Waals surface area (Å²) in [6.07, 6.45) is 1.12. The van der Waals surface area contributed by atoms with Crippen LogP contribution in [-0.2, 0) is 0 Å². The number of aryl methyl sites for hydroxylation is 1. The molecule has 3 unspecified atom stereocenters. The van der Waals surface area contributed by atoms with Crippen LogP contribution in [0.5, 0.6) is 0 Å². The van der Waals surface area contributed by atoms with E-state index in [0.717, 1.165) is 19.0 Å². The molecule has 1 aliphatic carbocycles. The van der Waals surface area contributed by atoms with Gasteiger partial charge in [-0.2, -0.15) is 0 Å². The SMILES string of the molecule is CCNC(c1cc(C)c(F)cc1F)C1CC1C. The van der Waals surface area contributed by atoms with Crippen LogP contribution in [0.1, 0.15) is 37.4 Å². The number of hydrogen-bond donors (Lipinski definition) is 1. The van der Waals surface area contributed by atoms with Crippen LogP contribution in [0.4, 0.5) is 8.78 Å². The van der Waals surface area contributed by atoms with Crippen molar-refractivity contribution in [2.75, 3.05) is 6.54 Å². The molecule has 94 valence electrons. The molecule has 0 bridgehead atoms. The molecule has 1 N–H and O–H groups in total. The van der Waals surface area contributed by atoms with Crippen molar-refractivity contribution in [1.29, 1.82) is 0 Å². The normalized spacial score (nSPS) is 24.8. The fourth-order valence-electron chi connectivity index (χ4n) is 2.45. The lowest BCUT2D eigenvalue weighted by molar-refractivity contribution is 0.448. The lowest BCUT2D eigenvalue weighted by atomic mass is 9.98. The zero-order valence-electron chi connectivity index (χ0n) is 10.6. The highest BCUT2D eigenvalue weighted by atomic mass is 19.1. The van der Waals surface area contributed by atoms with Gasteiger partial charge in [0.2, 0.25) is 0 Å². The minimum atomic E-state index is -0.467. The Morgan fingerprint density at radius 1 is 1.35 bits per heavy atom. The molecule has 1 saturated carbocycles. The molecule has 0 spiro atoms. The molecule has 0 aliphatic heterocycles. The van der Waals surface area contributed by atoms with E-state index in [0.29, 0.717) is 23.0 Å². The molecule has 1 aromatic rings. The number of hydrogen-bond acceptors (Lipinski definition) is 1. The zero-order valence-corrected chi connectivity index (χ0v) is 10.6. The Balaban J connectivity index is 2.32. The molecule has 0 aromatic heterocycles. The van der Waals surface area contributed by atoms with Gasteiger partial charge in [0.05, 0.1) is 0 Å². The summed E-state index contributed by atoms with van der Waals surface area (Å²) >= 11 is 0. The van der Waals surface area contributed by atoms with E-state index in [-0.39, 0.29) is 6.04 Å². The maximum absolute atomic E-state index is 13.8. The van der Waals surface area contributed by atoms with Crippen molar-refractivity contribution in [3.8, 4) is 0 Å². The smallest absolute Gasteiger partial charge is 0.130 e. The highest BCUT2D eigenvalue weighted by molar-refractivity contribution is 5.29. The molecular formula is C14H19F2N. The van der Waals surface area contributed by atoms with E-state index >= 15 is 0 Å². The van der Waals surface area contributed by atoms with Crippen LogP contribution in [0, 0.1) is 30.4 Å². The van der Waals surface area contributed by atoms with Crippen molar-refractivity contribution in [1.82, 2.24) is 5.32 Å². The van der Waals surface area contributed by atoms with E-state index in [9.17, 15) is 8.78 Å². The monoisotopic (exact) mass is 239 g/mol. The van der Waals surface area contributed by atoms with Crippen LogP contribution < -0.4 is 5.32 Å². The maximum Gasteiger partial charge on any atom is 0.130 e. The predicted molar refractivity (Wildman–Crippen MR) is 64.8 cm³/mol.